The van der Waals surface area contributed by atoms with Crippen LogP contribution in [0.25, 0.3) is 16.9 Å². The summed E-state index contributed by atoms with van der Waals surface area (Å²) in [5.74, 6) is -0.496. The molecule has 0 amide bonds. The fraction of sp³-hybridized carbons (Fsp3) is 0. The second kappa shape index (κ2) is 4.97. The summed E-state index contributed by atoms with van der Waals surface area (Å²) in [7, 11) is -1.72. The molecule has 0 aliphatic heterocycles. The van der Waals surface area contributed by atoms with Crippen LogP contribution in [0.2, 0.25) is 0 Å². The molecule has 102 valence electrons. The van der Waals surface area contributed by atoms with Crippen LogP contribution in [0, 0.1) is 17.1 Å². The van der Waals surface area contributed by atoms with Crippen molar-refractivity contribution in [1.29, 1.82) is 5.26 Å². The third kappa shape index (κ3) is 2.25. The number of rotatable bonds is 2. The number of benzene rings is 1. The van der Waals surface area contributed by atoms with Gasteiger partial charge in [0.1, 0.15) is 23.7 Å². The summed E-state index contributed by atoms with van der Waals surface area (Å²) in [5.41, 5.74) is 1.39. The maximum atomic E-state index is 13.4. The Morgan fingerprint density at radius 2 is 2.05 bits per heavy atom. The summed E-state index contributed by atoms with van der Waals surface area (Å²) in [5, 5.41) is 27.5. The Kier molecular flexibility index (Phi) is 3.14. The van der Waals surface area contributed by atoms with E-state index in [0.717, 1.165) is 0 Å². The van der Waals surface area contributed by atoms with Crippen molar-refractivity contribution in [3.8, 4) is 11.8 Å². The number of aromatic nitrogens is 3. The number of hydrogen-bond donors (Lipinski definition) is 2. The van der Waals surface area contributed by atoms with Crippen molar-refractivity contribution >= 4 is 23.9 Å². The van der Waals surface area contributed by atoms with E-state index in [1.165, 1.54) is 35.2 Å². The maximum Gasteiger partial charge on any atom is 0.508 e. The fourth-order valence-corrected chi connectivity index (χ4v) is 2.03. The highest BCUT2D eigenvalue weighted by Gasteiger charge is 2.16. The lowest BCUT2D eigenvalue weighted by Gasteiger charge is -2.07. The molecule has 3 rings (SSSR count). The van der Waals surface area contributed by atoms with Crippen molar-refractivity contribution in [2.75, 3.05) is 0 Å². The van der Waals surface area contributed by atoms with Gasteiger partial charge in [0.2, 0.25) is 0 Å². The molecule has 1 aromatic carbocycles. The molecule has 3 aromatic rings. The number of nitriles is 1. The van der Waals surface area contributed by atoms with Crippen molar-refractivity contribution in [3.63, 3.8) is 0 Å². The molecule has 0 saturated heterocycles. The van der Waals surface area contributed by atoms with Gasteiger partial charge < -0.3 is 10.0 Å². The first kappa shape index (κ1) is 13.2. The molecule has 0 bridgehead atoms. The van der Waals surface area contributed by atoms with Crippen LogP contribution in [0.5, 0.6) is 0 Å². The molecule has 0 aliphatic rings. The zero-order chi connectivity index (χ0) is 15.0. The van der Waals surface area contributed by atoms with Crippen LogP contribution in [0.3, 0.4) is 0 Å². The smallest absolute Gasteiger partial charge is 0.422 e. The summed E-state index contributed by atoms with van der Waals surface area (Å²) in [4.78, 5) is 8.19. The minimum Gasteiger partial charge on any atom is -0.422 e. The van der Waals surface area contributed by atoms with Gasteiger partial charge in [-0.15, -0.1) is 0 Å². The third-order valence-corrected chi connectivity index (χ3v) is 3.02. The van der Waals surface area contributed by atoms with Gasteiger partial charge >= 0.3 is 7.12 Å². The monoisotopic (exact) mass is 282 g/mol. The van der Waals surface area contributed by atoms with Gasteiger partial charge in [-0.3, -0.25) is 4.57 Å². The largest absolute Gasteiger partial charge is 0.508 e. The molecular weight excluding hydrogens is 274 g/mol. The van der Waals surface area contributed by atoms with E-state index in [-0.39, 0.29) is 16.8 Å². The van der Waals surface area contributed by atoms with Crippen LogP contribution in [0.1, 0.15) is 5.56 Å². The SMILES string of the molecule is N#Cc1ccc(F)cc1-n1cnc2ccc(B(O)O)nc21. The van der Waals surface area contributed by atoms with Gasteiger partial charge in [0.25, 0.3) is 0 Å². The Bertz CT molecular complexity index is 872. The molecule has 2 heterocycles. The number of hydrogen-bond acceptors (Lipinski definition) is 5. The zero-order valence-electron chi connectivity index (χ0n) is 10.6. The first-order valence-corrected chi connectivity index (χ1v) is 6.00. The van der Waals surface area contributed by atoms with Crippen LogP contribution >= 0.6 is 0 Å². The molecular formula is C13H8BFN4O2. The molecule has 0 spiro atoms. The van der Waals surface area contributed by atoms with E-state index in [2.05, 4.69) is 9.97 Å². The minimum absolute atomic E-state index is 0.0409. The Hall–Kier alpha value is -2.76. The average Bonchev–Trinajstić information content (AvgIpc) is 2.89. The Balaban J connectivity index is 2.28. The maximum absolute atomic E-state index is 13.4. The summed E-state index contributed by atoms with van der Waals surface area (Å²) in [6.45, 7) is 0. The van der Waals surface area contributed by atoms with Crippen molar-refractivity contribution in [2.45, 2.75) is 0 Å². The first-order chi connectivity index (χ1) is 10.1. The Morgan fingerprint density at radius 1 is 1.24 bits per heavy atom. The van der Waals surface area contributed by atoms with E-state index in [0.29, 0.717) is 11.2 Å². The van der Waals surface area contributed by atoms with Crippen LogP contribution in [-0.4, -0.2) is 31.7 Å². The molecule has 8 heteroatoms. The van der Waals surface area contributed by atoms with E-state index in [9.17, 15) is 14.4 Å². The summed E-state index contributed by atoms with van der Waals surface area (Å²) >= 11 is 0. The van der Waals surface area contributed by atoms with E-state index >= 15 is 0 Å². The molecule has 0 saturated carbocycles. The molecule has 6 nitrogen and oxygen atoms in total. The van der Waals surface area contributed by atoms with E-state index in [1.807, 2.05) is 6.07 Å². The van der Waals surface area contributed by atoms with Gasteiger partial charge in [0.05, 0.1) is 16.8 Å². The van der Waals surface area contributed by atoms with Crippen LogP contribution in [0.15, 0.2) is 36.7 Å². The molecule has 0 fully saturated rings. The topological polar surface area (TPSA) is 95.0 Å². The molecule has 0 unspecified atom stereocenters. The Labute approximate surface area is 118 Å². The second-order valence-corrected chi connectivity index (χ2v) is 4.34. The number of imidazole rings is 1. The predicted octanol–water partition coefficient (Wildman–Crippen LogP) is 0.111. The second-order valence-electron chi connectivity index (χ2n) is 4.34. The van der Waals surface area contributed by atoms with Crippen molar-refractivity contribution in [3.05, 3.63) is 48.0 Å². The lowest BCUT2D eigenvalue weighted by atomic mass is 9.86. The van der Waals surface area contributed by atoms with E-state index in [1.54, 1.807) is 6.07 Å². The number of halogens is 1. The number of nitrogens with zero attached hydrogens (tertiary/aromatic N) is 4. The van der Waals surface area contributed by atoms with Gasteiger partial charge in [0, 0.05) is 0 Å². The van der Waals surface area contributed by atoms with Crippen LogP contribution < -0.4 is 5.59 Å². The highest BCUT2D eigenvalue weighted by atomic mass is 19.1. The van der Waals surface area contributed by atoms with Gasteiger partial charge in [-0.25, -0.2) is 14.4 Å². The Morgan fingerprint density at radius 3 is 2.76 bits per heavy atom. The quantitative estimate of drug-likeness (QED) is 0.650. The van der Waals surface area contributed by atoms with Crippen molar-refractivity contribution in [2.24, 2.45) is 0 Å². The normalized spacial score (nSPS) is 10.6. The van der Waals surface area contributed by atoms with Gasteiger partial charge in [-0.05, 0) is 30.3 Å². The average molecular weight is 282 g/mol. The van der Waals surface area contributed by atoms with Crippen LogP contribution in [0.4, 0.5) is 4.39 Å². The highest BCUT2D eigenvalue weighted by Crippen LogP contribution is 2.20. The van der Waals surface area contributed by atoms with E-state index in [4.69, 9.17) is 5.26 Å². The predicted molar refractivity (Wildman–Crippen MR) is 73.4 cm³/mol. The molecule has 21 heavy (non-hydrogen) atoms. The highest BCUT2D eigenvalue weighted by molar-refractivity contribution is 6.57. The molecule has 0 radical (unpaired) electrons. The zero-order valence-corrected chi connectivity index (χ0v) is 10.6. The minimum atomic E-state index is -1.72. The van der Waals surface area contributed by atoms with Crippen molar-refractivity contribution < 1.29 is 14.4 Å². The summed E-state index contributed by atoms with van der Waals surface area (Å²) < 4.78 is 14.9. The molecule has 2 aromatic heterocycles. The van der Waals surface area contributed by atoms with E-state index < -0.39 is 12.9 Å². The number of fused-ring (bicyclic) bond motifs is 1. The lowest BCUT2D eigenvalue weighted by molar-refractivity contribution is 0.424. The summed E-state index contributed by atoms with van der Waals surface area (Å²) in [6, 6.07) is 8.72. The fourth-order valence-electron chi connectivity index (χ4n) is 2.03. The lowest BCUT2D eigenvalue weighted by Crippen LogP contribution is -2.32. The van der Waals surface area contributed by atoms with Crippen molar-refractivity contribution in [1.82, 2.24) is 14.5 Å². The number of pyridine rings is 1. The first-order valence-electron chi connectivity index (χ1n) is 6.00. The standard InChI is InChI=1S/C13H8BFN4O2/c15-9-2-1-8(6-16)11(5-9)19-7-17-10-3-4-12(14(20)21)18-13(10)19/h1-5,7,20-21H. The van der Waals surface area contributed by atoms with Crippen LogP contribution in [-0.2, 0) is 0 Å². The molecule has 0 aliphatic carbocycles. The van der Waals surface area contributed by atoms with Gasteiger partial charge in [-0.1, -0.05) is 0 Å². The van der Waals surface area contributed by atoms with Gasteiger partial charge in [0.15, 0.2) is 5.65 Å². The van der Waals surface area contributed by atoms with Gasteiger partial charge in [-0.2, -0.15) is 5.26 Å². The third-order valence-electron chi connectivity index (χ3n) is 3.02. The molecule has 2 N–H and O–H groups in total. The summed E-state index contributed by atoms with van der Waals surface area (Å²) in [6.07, 6.45) is 1.40. The molecule has 0 atom stereocenters.